The molecule has 1 atom stereocenters. The van der Waals surface area contributed by atoms with Gasteiger partial charge in [0.25, 0.3) is 0 Å². The van der Waals surface area contributed by atoms with Crippen molar-refractivity contribution in [3.05, 3.63) is 64.1 Å². The summed E-state index contributed by atoms with van der Waals surface area (Å²) in [5.74, 6) is -0.810. The van der Waals surface area contributed by atoms with Gasteiger partial charge in [0.1, 0.15) is 6.04 Å². The van der Waals surface area contributed by atoms with E-state index in [4.69, 9.17) is 23.2 Å². The lowest BCUT2D eigenvalue weighted by Gasteiger charge is -2.30. The largest absolute Gasteiger partial charge is 0.354 e. The van der Waals surface area contributed by atoms with Crippen LogP contribution in [0.3, 0.4) is 0 Å². The summed E-state index contributed by atoms with van der Waals surface area (Å²) in [7, 11) is -2.60. The van der Waals surface area contributed by atoms with Crippen LogP contribution in [0, 0.1) is 0 Å². The number of likely N-dealkylation sites (N-methyl/N-ethyl adjacent to an activating group) is 1. The minimum absolute atomic E-state index is 0.0222. The normalized spacial score (nSPS) is 12.4. The van der Waals surface area contributed by atoms with Crippen molar-refractivity contribution >= 4 is 45.0 Å². The van der Waals surface area contributed by atoms with Crippen molar-refractivity contribution in [3.8, 4) is 0 Å². The SMILES string of the molecule is CCCCNC(=O)[C@@H](C)N(Cc1cccc(Cl)c1)C(=O)CN(C)S(=O)(=O)c1ccc(Cl)cc1. The number of carbonyl (C=O) groups is 2. The van der Waals surface area contributed by atoms with Crippen molar-refractivity contribution in [3.63, 3.8) is 0 Å². The summed E-state index contributed by atoms with van der Waals surface area (Å²) < 4.78 is 26.8. The highest BCUT2D eigenvalue weighted by Gasteiger charge is 2.30. The third-order valence-electron chi connectivity index (χ3n) is 5.12. The highest BCUT2D eigenvalue weighted by molar-refractivity contribution is 7.89. The molecule has 2 rings (SSSR count). The van der Waals surface area contributed by atoms with Crippen LogP contribution in [0.25, 0.3) is 0 Å². The van der Waals surface area contributed by atoms with Gasteiger partial charge in [0.15, 0.2) is 0 Å². The van der Waals surface area contributed by atoms with E-state index in [1.165, 1.54) is 36.2 Å². The maximum atomic E-state index is 13.2. The van der Waals surface area contributed by atoms with Crippen LogP contribution in [0.5, 0.6) is 0 Å². The number of unbranched alkanes of at least 4 members (excludes halogenated alkanes) is 1. The van der Waals surface area contributed by atoms with Crippen molar-refractivity contribution in [1.82, 2.24) is 14.5 Å². The second kappa shape index (κ2) is 12.4. The Morgan fingerprint density at radius 2 is 1.73 bits per heavy atom. The molecule has 0 fully saturated rings. The Labute approximate surface area is 205 Å². The average Bonchev–Trinajstić information content (AvgIpc) is 2.77. The van der Waals surface area contributed by atoms with Gasteiger partial charge in [0, 0.05) is 30.2 Å². The van der Waals surface area contributed by atoms with E-state index >= 15 is 0 Å². The summed E-state index contributed by atoms with van der Waals surface area (Å²) in [5, 5.41) is 3.74. The Hall–Kier alpha value is -2.13. The molecule has 2 aromatic rings. The number of hydrogen-bond donors (Lipinski definition) is 1. The van der Waals surface area contributed by atoms with Gasteiger partial charge in [-0.2, -0.15) is 4.31 Å². The summed E-state index contributed by atoms with van der Waals surface area (Å²) in [6.07, 6.45) is 1.75. The minimum atomic E-state index is -3.92. The first-order valence-corrected chi connectivity index (χ1v) is 12.8. The molecule has 0 aliphatic carbocycles. The summed E-state index contributed by atoms with van der Waals surface area (Å²) in [5.41, 5.74) is 0.729. The number of sulfonamides is 1. The maximum Gasteiger partial charge on any atom is 0.243 e. The molecule has 0 saturated heterocycles. The Balaban J connectivity index is 2.24. The monoisotopic (exact) mass is 513 g/mol. The standard InChI is InChI=1S/C23H29Cl2N3O4S/c1-4-5-13-26-23(30)17(2)28(15-18-7-6-8-20(25)14-18)22(29)16-27(3)33(31,32)21-11-9-19(24)10-12-21/h6-12,14,17H,4-5,13,15-16H2,1-3H3,(H,26,30)/t17-/m1/s1. The summed E-state index contributed by atoms with van der Waals surface area (Å²) in [6.45, 7) is 3.82. The van der Waals surface area contributed by atoms with Crippen molar-refractivity contribution in [2.24, 2.45) is 0 Å². The van der Waals surface area contributed by atoms with E-state index in [9.17, 15) is 18.0 Å². The fourth-order valence-corrected chi connectivity index (χ4v) is 4.56. The molecule has 33 heavy (non-hydrogen) atoms. The van der Waals surface area contributed by atoms with Crippen LogP contribution in [0.2, 0.25) is 10.0 Å². The van der Waals surface area contributed by atoms with Gasteiger partial charge in [-0.05, 0) is 55.3 Å². The fourth-order valence-electron chi connectivity index (χ4n) is 3.10. The van der Waals surface area contributed by atoms with Crippen LogP contribution in [0.1, 0.15) is 32.3 Å². The second-order valence-corrected chi connectivity index (χ2v) is 10.6. The van der Waals surface area contributed by atoms with Crippen molar-refractivity contribution < 1.29 is 18.0 Å². The lowest BCUT2D eigenvalue weighted by Crippen LogP contribution is -2.50. The van der Waals surface area contributed by atoms with Crippen molar-refractivity contribution in [1.29, 1.82) is 0 Å². The Bertz CT molecular complexity index is 1060. The van der Waals surface area contributed by atoms with Crippen LogP contribution in [0.15, 0.2) is 53.4 Å². The number of nitrogens with zero attached hydrogens (tertiary/aromatic N) is 2. The van der Waals surface area contributed by atoms with E-state index in [0.717, 1.165) is 22.7 Å². The molecular weight excluding hydrogens is 485 g/mol. The number of benzene rings is 2. The van der Waals surface area contributed by atoms with Crippen molar-refractivity contribution in [2.45, 2.75) is 44.2 Å². The zero-order chi connectivity index (χ0) is 24.6. The number of amides is 2. The molecule has 0 aliphatic rings. The molecule has 0 aromatic heterocycles. The van der Waals surface area contributed by atoms with E-state index in [-0.39, 0.29) is 17.3 Å². The Kier molecular flexibility index (Phi) is 10.2. The smallest absolute Gasteiger partial charge is 0.243 e. The number of hydrogen-bond acceptors (Lipinski definition) is 4. The van der Waals surface area contributed by atoms with Crippen LogP contribution >= 0.6 is 23.2 Å². The molecule has 0 saturated carbocycles. The minimum Gasteiger partial charge on any atom is -0.354 e. The summed E-state index contributed by atoms with van der Waals surface area (Å²) in [4.78, 5) is 27.3. The molecule has 2 aromatic carbocycles. The third-order valence-corrected chi connectivity index (χ3v) is 7.42. The predicted octanol–water partition coefficient (Wildman–Crippen LogP) is 3.95. The Morgan fingerprint density at radius 3 is 2.33 bits per heavy atom. The molecule has 7 nitrogen and oxygen atoms in total. The molecule has 0 bridgehead atoms. The number of rotatable bonds is 11. The van der Waals surface area contributed by atoms with Crippen molar-refractivity contribution in [2.75, 3.05) is 20.1 Å². The number of halogens is 2. The lowest BCUT2D eigenvalue weighted by atomic mass is 10.1. The van der Waals surface area contributed by atoms with E-state index in [0.29, 0.717) is 16.6 Å². The van der Waals surface area contributed by atoms with E-state index < -0.39 is 28.5 Å². The third kappa shape index (κ3) is 7.71. The van der Waals surface area contributed by atoms with E-state index in [2.05, 4.69) is 5.32 Å². The average molecular weight is 514 g/mol. The lowest BCUT2D eigenvalue weighted by molar-refractivity contribution is -0.140. The maximum absolute atomic E-state index is 13.2. The topological polar surface area (TPSA) is 86.8 Å². The van der Waals surface area contributed by atoms with Gasteiger partial charge >= 0.3 is 0 Å². The van der Waals surface area contributed by atoms with Gasteiger partial charge in [-0.15, -0.1) is 0 Å². The van der Waals surface area contributed by atoms with Gasteiger partial charge in [-0.25, -0.2) is 8.42 Å². The first-order valence-electron chi connectivity index (χ1n) is 10.6. The van der Waals surface area contributed by atoms with E-state index in [1.807, 2.05) is 6.92 Å². The zero-order valence-electron chi connectivity index (χ0n) is 18.9. The summed E-state index contributed by atoms with van der Waals surface area (Å²) in [6, 6.07) is 11.9. The molecule has 10 heteroatoms. The van der Waals surface area contributed by atoms with Gasteiger partial charge in [-0.3, -0.25) is 9.59 Å². The first kappa shape index (κ1) is 27.1. The number of nitrogens with one attached hydrogen (secondary N) is 1. The molecule has 0 unspecified atom stereocenters. The second-order valence-electron chi connectivity index (χ2n) is 7.69. The molecule has 0 heterocycles. The van der Waals surface area contributed by atoms with Gasteiger partial charge in [0.2, 0.25) is 21.8 Å². The molecule has 1 N–H and O–H groups in total. The Morgan fingerprint density at radius 1 is 1.06 bits per heavy atom. The molecule has 0 spiro atoms. The number of carbonyl (C=O) groups excluding carboxylic acids is 2. The predicted molar refractivity (Wildman–Crippen MR) is 131 cm³/mol. The quantitative estimate of drug-likeness (QED) is 0.460. The van der Waals surface area contributed by atoms with Crippen LogP contribution in [-0.2, 0) is 26.2 Å². The van der Waals surface area contributed by atoms with Gasteiger partial charge < -0.3 is 10.2 Å². The van der Waals surface area contributed by atoms with E-state index in [1.54, 1.807) is 31.2 Å². The van der Waals surface area contributed by atoms with Gasteiger partial charge in [-0.1, -0.05) is 48.7 Å². The first-order chi connectivity index (χ1) is 15.6. The molecule has 180 valence electrons. The molecular formula is C23H29Cl2N3O4S. The zero-order valence-corrected chi connectivity index (χ0v) is 21.3. The molecule has 0 aliphatic heterocycles. The van der Waals surface area contributed by atoms with Crippen LogP contribution < -0.4 is 5.32 Å². The van der Waals surface area contributed by atoms with Gasteiger partial charge in [0.05, 0.1) is 11.4 Å². The summed E-state index contributed by atoms with van der Waals surface area (Å²) >= 11 is 11.9. The van der Waals surface area contributed by atoms with Crippen LogP contribution in [0.4, 0.5) is 0 Å². The molecule has 0 radical (unpaired) electrons. The highest BCUT2D eigenvalue weighted by Crippen LogP contribution is 2.19. The van der Waals surface area contributed by atoms with Crippen LogP contribution in [-0.4, -0.2) is 55.6 Å². The fraction of sp³-hybridized carbons (Fsp3) is 0.391. The molecule has 2 amide bonds. The highest BCUT2D eigenvalue weighted by atomic mass is 35.5.